The number of benzene rings is 2. The maximum absolute atomic E-state index is 12.7. The van der Waals surface area contributed by atoms with Crippen LogP contribution in [-0.4, -0.2) is 48.1 Å². The summed E-state index contributed by atoms with van der Waals surface area (Å²) in [4.78, 5) is 39.2. The molecule has 0 radical (unpaired) electrons. The molecule has 0 aromatic heterocycles. The Hall–Kier alpha value is -3.24. The SMILES string of the molecule is O=C1N/C(=C/c2ccc(N3CCOCC3)c([N+](=O)[O-])c2)C(=O)N1Cc1ccc(Br)cc1. The number of nitro benzene ring substituents is 1. The number of morpholine rings is 1. The third kappa shape index (κ3) is 4.59. The number of amides is 3. The summed E-state index contributed by atoms with van der Waals surface area (Å²) in [6.45, 7) is 2.29. The second-order valence-electron chi connectivity index (χ2n) is 7.11. The average Bonchev–Trinajstić information content (AvgIpc) is 3.03. The first-order valence-corrected chi connectivity index (χ1v) is 10.4. The summed E-state index contributed by atoms with van der Waals surface area (Å²) in [6, 6.07) is 11.5. The van der Waals surface area contributed by atoms with E-state index in [1.54, 1.807) is 12.1 Å². The molecule has 2 aromatic carbocycles. The van der Waals surface area contributed by atoms with Gasteiger partial charge in [-0.15, -0.1) is 0 Å². The Labute approximate surface area is 186 Å². The van der Waals surface area contributed by atoms with Crippen molar-refractivity contribution in [1.82, 2.24) is 10.2 Å². The van der Waals surface area contributed by atoms with E-state index in [1.165, 1.54) is 12.1 Å². The summed E-state index contributed by atoms with van der Waals surface area (Å²) in [5.74, 6) is -0.479. The summed E-state index contributed by atoms with van der Waals surface area (Å²) in [5, 5.41) is 14.2. The number of hydrogen-bond donors (Lipinski definition) is 1. The minimum atomic E-state index is -0.529. The van der Waals surface area contributed by atoms with E-state index in [1.807, 2.05) is 29.2 Å². The molecule has 2 saturated heterocycles. The van der Waals surface area contributed by atoms with E-state index < -0.39 is 16.9 Å². The molecular weight excluding hydrogens is 468 g/mol. The molecule has 0 unspecified atom stereocenters. The average molecular weight is 487 g/mol. The standard InChI is InChI=1S/C21H19BrN4O5/c22-16-4-1-14(2-5-16)13-25-20(27)17(23-21(25)28)11-15-3-6-18(19(12-15)26(29)30)24-7-9-31-10-8-24/h1-6,11-12H,7-10,13H2,(H,23,28)/b17-11+. The van der Waals surface area contributed by atoms with Gasteiger partial charge in [-0.2, -0.15) is 0 Å². The van der Waals surface area contributed by atoms with Crippen LogP contribution in [0, 0.1) is 10.1 Å². The molecule has 10 heteroatoms. The van der Waals surface area contributed by atoms with Gasteiger partial charge in [0.05, 0.1) is 24.7 Å². The second kappa shape index (κ2) is 8.86. The fourth-order valence-electron chi connectivity index (χ4n) is 3.50. The Morgan fingerprint density at radius 3 is 2.52 bits per heavy atom. The molecule has 3 amide bonds. The summed E-state index contributed by atoms with van der Waals surface area (Å²) < 4.78 is 6.21. The van der Waals surface area contributed by atoms with E-state index in [2.05, 4.69) is 21.2 Å². The molecule has 2 heterocycles. The van der Waals surface area contributed by atoms with Crippen molar-refractivity contribution in [2.45, 2.75) is 6.54 Å². The van der Waals surface area contributed by atoms with E-state index in [0.29, 0.717) is 37.6 Å². The minimum Gasteiger partial charge on any atom is -0.378 e. The van der Waals surface area contributed by atoms with Crippen molar-refractivity contribution in [1.29, 1.82) is 0 Å². The van der Waals surface area contributed by atoms with Crippen molar-refractivity contribution < 1.29 is 19.2 Å². The zero-order valence-electron chi connectivity index (χ0n) is 16.4. The largest absolute Gasteiger partial charge is 0.378 e. The van der Waals surface area contributed by atoms with Crippen LogP contribution in [0.25, 0.3) is 6.08 Å². The highest BCUT2D eigenvalue weighted by atomic mass is 79.9. The van der Waals surface area contributed by atoms with Gasteiger partial charge in [0.2, 0.25) is 0 Å². The quantitative estimate of drug-likeness (QED) is 0.301. The van der Waals surface area contributed by atoms with Gasteiger partial charge in [0.25, 0.3) is 11.6 Å². The first-order chi connectivity index (χ1) is 14.9. The Bertz CT molecular complexity index is 1060. The molecule has 2 aliphatic heterocycles. The van der Waals surface area contributed by atoms with E-state index in [9.17, 15) is 19.7 Å². The highest BCUT2D eigenvalue weighted by Crippen LogP contribution is 2.31. The summed E-state index contributed by atoms with van der Waals surface area (Å²) in [6.07, 6.45) is 1.46. The van der Waals surface area contributed by atoms with Crippen molar-refractivity contribution in [2.24, 2.45) is 0 Å². The fourth-order valence-corrected chi connectivity index (χ4v) is 3.77. The van der Waals surface area contributed by atoms with Crippen LogP contribution in [0.1, 0.15) is 11.1 Å². The lowest BCUT2D eigenvalue weighted by Crippen LogP contribution is -2.36. The lowest BCUT2D eigenvalue weighted by atomic mass is 10.1. The molecule has 2 aliphatic rings. The van der Waals surface area contributed by atoms with Crippen molar-refractivity contribution in [3.63, 3.8) is 0 Å². The molecule has 9 nitrogen and oxygen atoms in total. The first-order valence-electron chi connectivity index (χ1n) is 9.62. The lowest BCUT2D eigenvalue weighted by molar-refractivity contribution is -0.384. The van der Waals surface area contributed by atoms with Crippen molar-refractivity contribution >= 4 is 45.3 Å². The minimum absolute atomic E-state index is 0.0558. The van der Waals surface area contributed by atoms with Crippen LogP contribution in [0.3, 0.4) is 0 Å². The number of halogens is 1. The van der Waals surface area contributed by atoms with Crippen molar-refractivity contribution in [3.8, 4) is 0 Å². The van der Waals surface area contributed by atoms with E-state index in [-0.39, 0.29) is 17.9 Å². The first kappa shape index (κ1) is 21.0. The number of nitrogens with one attached hydrogen (secondary N) is 1. The number of urea groups is 1. The number of carbonyl (C=O) groups is 2. The lowest BCUT2D eigenvalue weighted by Gasteiger charge is -2.28. The van der Waals surface area contributed by atoms with Gasteiger partial charge < -0.3 is 15.0 Å². The Kier molecular flexibility index (Phi) is 6.01. The summed E-state index contributed by atoms with van der Waals surface area (Å²) in [5.41, 5.74) is 1.79. The topological polar surface area (TPSA) is 105 Å². The molecular formula is C21H19BrN4O5. The number of ether oxygens (including phenoxy) is 1. The third-order valence-corrected chi connectivity index (χ3v) is 5.60. The molecule has 0 saturated carbocycles. The predicted octanol–water partition coefficient (Wildman–Crippen LogP) is 3.29. The third-order valence-electron chi connectivity index (χ3n) is 5.08. The van der Waals surface area contributed by atoms with Crippen LogP contribution >= 0.6 is 15.9 Å². The summed E-state index contributed by atoms with van der Waals surface area (Å²) in [7, 11) is 0. The van der Waals surface area contributed by atoms with Gasteiger partial charge >= 0.3 is 6.03 Å². The Morgan fingerprint density at radius 1 is 1.13 bits per heavy atom. The zero-order chi connectivity index (χ0) is 22.0. The second-order valence-corrected chi connectivity index (χ2v) is 8.03. The fraction of sp³-hybridized carbons (Fsp3) is 0.238. The number of hydrogen-bond acceptors (Lipinski definition) is 6. The van der Waals surface area contributed by atoms with Crippen molar-refractivity contribution in [3.05, 3.63) is 73.9 Å². The van der Waals surface area contributed by atoms with Crippen LogP contribution in [0.5, 0.6) is 0 Å². The zero-order valence-corrected chi connectivity index (χ0v) is 18.0. The molecule has 2 aromatic rings. The highest BCUT2D eigenvalue weighted by Gasteiger charge is 2.33. The van der Waals surface area contributed by atoms with Crippen LogP contribution in [0.15, 0.2) is 52.6 Å². The van der Waals surface area contributed by atoms with Gasteiger partial charge in [-0.3, -0.25) is 19.8 Å². The normalized spacial score (nSPS) is 17.9. The van der Waals surface area contributed by atoms with Gasteiger partial charge in [-0.25, -0.2) is 4.79 Å². The summed E-state index contributed by atoms with van der Waals surface area (Å²) >= 11 is 3.35. The molecule has 0 bridgehead atoms. The molecule has 2 fully saturated rings. The van der Waals surface area contributed by atoms with Gasteiger partial charge in [0.15, 0.2) is 0 Å². The molecule has 31 heavy (non-hydrogen) atoms. The number of rotatable bonds is 5. The van der Waals surface area contributed by atoms with Gasteiger partial charge in [0, 0.05) is 23.6 Å². The van der Waals surface area contributed by atoms with Crippen LogP contribution < -0.4 is 10.2 Å². The molecule has 0 atom stereocenters. The molecule has 4 rings (SSSR count). The number of nitro groups is 1. The van der Waals surface area contributed by atoms with Gasteiger partial charge in [-0.05, 0) is 35.4 Å². The highest BCUT2D eigenvalue weighted by molar-refractivity contribution is 9.10. The van der Waals surface area contributed by atoms with Crippen LogP contribution in [0.4, 0.5) is 16.2 Å². The number of carbonyl (C=O) groups excluding carboxylic acids is 2. The Balaban J connectivity index is 1.57. The smallest absolute Gasteiger partial charge is 0.329 e. The van der Waals surface area contributed by atoms with E-state index in [4.69, 9.17) is 4.74 Å². The monoisotopic (exact) mass is 486 g/mol. The van der Waals surface area contributed by atoms with Crippen LogP contribution in [0.2, 0.25) is 0 Å². The maximum Gasteiger partial charge on any atom is 0.329 e. The molecule has 0 aliphatic carbocycles. The van der Waals surface area contributed by atoms with E-state index >= 15 is 0 Å². The number of nitrogens with zero attached hydrogens (tertiary/aromatic N) is 3. The van der Waals surface area contributed by atoms with Crippen molar-refractivity contribution in [2.75, 3.05) is 31.2 Å². The maximum atomic E-state index is 12.7. The number of imide groups is 1. The van der Waals surface area contributed by atoms with Gasteiger partial charge in [0.1, 0.15) is 11.4 Å². The molecule has 1 N–H and O–H groups in total. The van der Waals surface area contributed by atoms with E-state index in [0.717, 1.165) is 14.9 Å². The number of anilines is 1. The molecule has 160 valence electrons. The molecule has 0 spiro atoms. The van der Waals surface area contributed by atoms with Gasteiger partial charge in [-0.1, -0.05) is 34.1 Å². The predicted molar refractivity (Wildman–Crippen MR) is 117 cm³/mol. The van der Waals surface area contributed by atoms with Crippen LogP contribution in [-0.2, 0) is 16.1 Å². The Morgan fingerprint density at radius 2 is 1.84 bits per heavy atom.